The Kier molecular flexibility index (Phi) is 6.92. The van der Waals surface area contributed by atoms with Crippen LogP contribution < -0.4 is 0 Å². The second kappa shape index (κ2) is 9.82. The Morgan fingerprint density at radius 2 is 1.84 bits per heavy atom. The molecule has 3 aromatic rings. The summed E-state index contributed by atoms with van der Waals surface area (Å²) in [6.45, 7) is 9.14. The number of hydrogen-bond donors (Lipinski definition) is 1. The van der Waals surface area contributed by atoms with E-state index in [-0.39, 0.29) is 5.78 Å². The first-order valence-corrected chi connectivity index (χ1v) is 12.1. The smallest absolute Gasteiger partial charge is 0.193 e. The van der Waals surface area contributed by atoms with Gasteiger partial charge in [0, 0.05) is 34.3 Å². The number of hydrogen-bond acceptors (Lipinski definition) is 2. The predicted molar refractivity (Wildman–Crippen MR) is 130 cm³/mol. The molecule has 1 aliphatic rings. The SMILES string of the molecule is CCCc1cccc(C(=O)c2ccc3[nH]cc(C4CCN(C(C)CCC)CC4)c3c2)c1. The van der Waals surface area contributed by atoms with Crippen molar-refractivity contribution in [1.29, 1.82) is 0 Å². The highest BCUT2D eigenvalue weighted by atomic mass is 16.1. The van der Waals surface area contributed by atoms with Crippen LogP contribution in [-0.4, -0.2) is 34.8 Å². The van der Waals surface area contributed by atoms with Crippen LogP contribution in [0.1, 0.15) is 85.8 Å². The summed E-state index contributed by atoms with van der Waals surface area (Å²) in [6.07, 6.45) is 9.20. The average molecular weight is 417 g/mol. The van der Waals surface area contributed by atoms with Gasteiger partial charge >= 0.3 is 0 Å². The first-order chi connectivity index (χ1) is 15.1. The molecule has 1 aliphatic heterocycles. The Morgan fingerprint density at radius 1 is 1.06 bits per heavy atom. The third kappa shape index (κ3) is 4.77. The fourth-order valence-corrected chi connectivity index (χ4v) is 5.20. The monoisotopic (exact) mass is 416 g/mol. The van der Waals surface area contributed by atoms with Gasteiger partial charge in [0.1, 0.15) is 0 Å². The zero-order chi connectivity index (χ0) is 21.8. The minimum absolute atomic E-state index is 0.121. The van der Waals surface area contributed by atoms with E-state index in [0.29, 0.717) is 12.0 Å². The molecule has 1 aromatic heterocycles. The molecule has 0 amide bonds. The first-order valence-electron chi connectivity index (χ1n) is 12.1. The Labute approximate surface area is 186 Å². The number of nitrogens with zero attached hydrogens (tertiary/aromatic N) is 1. The van der Waals surface area contributed by atoms with Gasteiger partial charge in [0.25, 0.3) is 0 Å². The molecule has 4 rings (SSSR count). The number of aromatic amines is 1. The number of aromatic nitrogens is 1. The van der Waals surface area contributed by atoms with E-state index in [0.717, 1.165) is 29.5 Å². The molecule has 0 radical (unpaired) electrons. The molecule has 0 aliphatic carbocycles. The van der Waals surface area contributed by atoms with Crippen LogP contribution in [0.3, 0.4) is 0 Å². The Bertz CT molecular complexity index is 1030. The molecular weight excluding hydrogens is 380 g/mol. The molecule has 1 fully saturated rings. The van der Waals surface area contributed by atoms with E-state index in [9.17, 15) is 4.79 Å². The van der Waals surface area contributed by atoms with Crippen molar-refractivity contribution in [3.05, 3.63) is 70.9 Å². The van der Waals surface area contributed by atoms with Crippen molar-refractivity contribution in [3.8, 4) is 0 Å². The van der Waals surface area contributed by atoms with Crippen molar-refractivity contribution in [2.45, 2.75) is 71.3 Å². The van der Waals surface area contributed by atoms with Crippen LogP contribution >= 0.6 is 0 Å². The van der Waals surface area contributed by atoms with Crippen molar-refractivity contribution >= 4 is 16.7 Å². The Balaban J connectivity index is 1.54. The van der Waals surface area contributed by atoms with E-state index in [1.807, 2.05) is 18.2 Å². The normalized spacial score (nSPS) is 16.6. The molecule has 0 saturated carbocycles. The minimum atomic E-state index is 0.121. The number of aryl methyl sites for hydroxylation is 1. The molecule has 2 heterocycles. The van der Waals surface area contributed by atoms with Gasteiger partial charge in [-0.25, -0.2) is 0 Å². The van der Waals surface area contributed by atoms with Crippen LogP contribution in [0.4, 0.5) is 0 Å². The number of H-pyrrole nitrogens is 1. The van der Waals surface area contributed by atoms with E-state index in [1.165, 1.54) is 55.3 Å². The molecule has 3 heteroatoms. The molecule has 1 saturated heterocycles. The van der Waals surface area contributed by atoms with Crippen LogP contribution in [0, 0.1) is 0 Å². The maximum Gasteiger partial charge on any atom is 0.193 e. The molecule has 1 unspecified atom stereocenters. The number of benzene rings is 2. The highest BCUT2D eigenvalue weighted by Crippen LogP contribution is 2.34. The van der Waals surface area contributed by atoms with E-state index in [4.69, 9.17) is 0 Å². The lowest BCUT2D eigenvalue weighted by Crippen LogP contribution is -2.39. The Hall–Kier alpha value is -2.39. The van der Waals surface area contributed by atoms with Crippen molar-refractivity contribution in [2.24, 2.45) is 0 Å². The minimum Gasteiger partial charge on any atom is -0.361 e. The number of fused-ring (bicyclic) bond motifs is 1. The van der Waals surface area contributed by atoms with Crippen molar-refractivity contribution in [1.82, 2.24) is 9.88 Å². The van der Waals surface area contributed by atoms with Crippen LogP contribution in [0.25, 0.3) is 10.9 Å². The summed E-state index contributed by atoms with van der Waals surface area (Å²) in [5.74, 6) is 0.687. The summed E-state index contributed by atoms with van der Waals surface area (Å²) >= 11 is 0. The molecule has 1 N–H and O–H groups in total. The standard InChI is InChI=1S/C28H36N2O/c1-4-7-20(3)30-15-13-22(14-16-30)26-19-29-27-12-11-24(18-25(26)27)28(31)23-10-6-9-21(17-23)8-5-2/h6,9-12,17-20,22,29H,4-5,7-8,13-16H2,1-3H3. The van der Waals surface area contributed by atoms with Crippen molar-refractivity contribution in [3.63, 3.8) is 0 Å². The highest BCUT2D eigenvalue weighted by molar-refractivity contribution is 6.10. The maximum atomic E-state index is 13.2. The summed E-state index contributed by atoms with van der Waals surface area (Å²) in [5, 5.41) is 1.22. The van der Waals surface area contributed by atoms with Crippen LogP contribution in [0.5, 0.6) is 0 Å². The molecular formula is C28H36N2O. The first kappa shape index (κ1) is 21.8. The Morgan fingerprint density at radius 3 is 2.58 bits per heavy atom. The van der Waals surface area contributed by atoms with E-state index in [2.05, 4.69) is 61.1 Å². The van der Waals surface area contributed by atoms with Crippen molar-refractivity contribution < 1.29 is 4.79 Å². The van der Waals surface area contributed by atoms with Gasteiger partial charge in [0.05, 0.1) is 0 Å². The predicted octanol–water partition coefficient (Wildman–Crippen LogP) is 6.72. The average Bonchev–Trinajstić information content (AvgIpc) is 3.22. The summed E-state index contributed by atoms with van der Waals surface area (Å²) in [6, 6.07) is 14.9. The lowest BCUT2D eigenvalue weighted by atomic mass is 9.88. The zero-order valence-corrected chi connectivity index (χ0v) is 19.3. The van der Waals surface area contributed by atoms with Crippen LogP contribution in [0.15, 0.2) is 48.7 Å². The van der Waals surface area contributed by atoms with Crippen LogP contribution in [-0.2, 0) is 6.42 Å². The summed E-state index contributed by atoms with van der Waals surface area (Å²) < 4.78 is 0. The molecule has 0 spiro atoms. The van der Waals surface area contributed by atoms with Gasteiger partial charge in [-0.3, -0.25) is 4.79 Å². The molecule has 164 valence electrons. The van der Waals surface area contributed by atoms with Gasteiger partial charge in [-0.1, -0.05) is 44.9 Å². The van der Waals surface area contributed by atoms with Gasteiger partial charge in [-0.05, 0) is 87.0 Å². The second-order valence-electron chi connectivity index (χ2n) is 9.23. The highest BCUT2D eigenvalue weighted by Gasteiger charge is 2.25. The van der Waals surface area contributed by atoms with Gasteiger partial charge in [0.15, 0.2) is 5.78 Å². The number of piperidine rings is 1. The molecule has 31 heavy (non-hydrogen) atoms. The maximum absolute atomic E-state index is 13.2. The van der Waals surface area contributed by atoms with Gasteiger partial charge in [-0.15, -0.1) is 0 Å². The van der Waals surface area contributed by atoms with Gasteiger partial charge < -0.3 is 9.88 Å². The number of likely N-dealkylation sites (tertiary alicyclic amines) is 1. The number of nitrogens with one attached hydrogen (secondary N) is 1. The fraction of sp³-hybridized carbons (Fsp3) is 0.464. The van der Waals surface area contributed by atoms with E-state index < -0.39 is 0 Å². The fourth-order valence-electron chi connectivity index (χ4n) is 5.20. The summed E-state index contributed by atoms with van der Waals surface area (Å²) in [5.41, 5.74) is 5.33. The van der Waals surface area contributed by atoms with E-state index in [1.54, 1.807) is 0 Å². The van der Waals surface area contributed by atoms with Crippen LogP contribution in [0.2, 0.25) is 0 Å². The third-order valence-corrected chi connectivity index (χ3v) is 7.00. The number of carbonyl (C=O) groups excluding carboxylic acids is 1. The zero-order valence-electron chi connectivity index (χ0n) is 19.3. The number of carbonyl (C=O) groups is 1. The third-order valence-electron chi connectivity index (χ3n) is 7.00. The topological polar surface area (TPSA) is 36.1 Å². The lowest BCUT2D eigenvalue weighted by molar-refractivity contribution is 0.103. The van der Waals surface area contributed by atoms with Gasteiger partial charge in [-0.2, -0.15) is 0 Å². The largest absolute Gasteiger partial charge is 0.361 e. The summed E-state index contributed by atoms with van der Waals surface area (Å²) in [4.78, 5) is 19.3. The molecule has 3 nitrogen and oxygen atoms in total. The second-order valence-corrected chi connectivity index (χ2v) is 9.23. The van der Waals surface area contributed by atoms with Crippen molar-refractivity contribution in [2.75, 3.05) is 13.1 Å². The van der Waals surface area contributed by atoms with Gasteiger partial charge in [0.2, 0.25) is 0 Å². The summed E-state index contributed by atoms with van der Waals surface area (Å²) in [7, 11) is 0. The molecule has 1 atom stereocenters. The number of ketones is 1. The van der Waals surface area contributed by atoms with E-state index >= 15 is 0 Å². The quantitative estimate of drug-likeness (QED) is 0.414. The molecule has 0 bridgehead atoms. The lowest BCUT2D eigenvalue weighted by Gasteiger charge is -2.36. The molecule has 2 aromatic carbocycles. The number of rotatable bonds is 8.